The number of primary amides is 1. The fourth-order valence-electron chi connectivity index (χ4n) is 6.68. The molecule has 6 rings (SSSR count). The average molecular weight is 793 g/mol. The van der Waals surface area contributed by atoms with Gasteiger partial charge in [-0.2, -0.15) is 0 Å². The molecule has 0 saturated carbocycles. The number of nitrogens with zero attached hydrogens (tertiary/aromatic N) is 3. The van der Waals surface area contributed by atoms with E-state index in [1.807, 2.05) is 37.0 Å². The molecule has 6 unspecified atom stereocenters. The summed E-state index contributed by atoms with van der Waals surface area (Å²) < 4.78 is 24.1. The number of aromatic nitrogens is 1. The Morgan fingerprint density at radius 3 is 2.53 bits per heavy atom. The number of likely N-dealkylation sites (tertiary alicyclic amines) is 1. The number of fused-ring (bicyclic) bond motifs is 1. The topological polar surface area (TPSA) is 261 Å². The Morgan fingerprint density at radius 1 is 1.07 bits per heavy atom. The zero-order chi connectivity index (χ0) is 41.2. The number of anilines is 1. The summed E-state index contributed by atoms with van der Waals surface area (Å²) in [5, 5.41) is 46.0. The molecule has 2 fully saturated rings. The zero-order valence-corrected chi connectivity index (χ0v) is 31.7. The Labute approximate surface area is 327 Å². The highest BCUT2D eigenvalue weighted by atomic mass is 16.6. The average Bonchev–Trinajstić information content (AvgIpc) is 3.92. The number of nitrogens with one attached hydrogen (secondary N) is 2. The third kappa shape index (κ3) is 10.2. The van der Waals surface area contributed by atoms with Crippen molar-refractivity contribution in [2.75, 3.05) is 39.2 Å². The monoisotopic (exact) mass is 792 g/mol. The zero-order valence-electron chi connectivity index (χ0n) is 31.7. The minimum absolute atomic E-state index is 0.0955. The number of aliphatic hydroxyl groups is 4. The van der Waals surface area contributed by atoms with Crippen molar-refractivity contribution in [3.05, 3.63) is 60.0 Å². The molecule has 2 aliphatic heterocycles. The van der Waals surface area contributed by atoms with Crippen LogP contribution < -0.4 is 25.8 Å². The van der Waals surface area contributed by atoms with Gasteiger partial charge in [-0.3, -0.25) is 29.1 Å². The van der Waals surface area contributed by atoms with Crippen molar-refractivity contribution in [3.8, 4) is 22.8 Å². The Bertz CT molecular complexity index is 2060. The lowest BCUT2D eigenvalue weighted by molar-refractivity contribution is -0.252. The molecular formula is C39H48N6O12. The Morgan fingerprint density at radius 2 is 1.84 bits per heavy atom. The molecule has 18 heteroatoms. The van der Waals surface area contributed by atoms with E-state index in [-0.39, 0.29) is 37.1 Å². The predicted octanol–water partition coefficient (Wildman–Crippen LogP) is 1.48. The van der Waals surface area contributed by atoms with Gasteiger partial charge in [0.05, 0.1) is 31.7 Å². The summed E-state index contributed by atoms with van der Waals surface area (Å²) in [5.74, 6) is -0.222. The van der Waals surface area contributed by atoms with Crippen molar-refractivity contribution >= 4 is 53.1 Å². The number of aliphatic imine (C=N–C) groups is 1. The van der Waals surface area contributed by atoms with E-state index in [1.54, 1.807) is 30.5 Å². The van der Waals surface area contributed by atoms with E-state index in [0.29, 0.717) is 45.8 Å². The highest BCUT2D eigenvalue weighted by Crippen LogP contribution is 2.35. The first kappa shape index (κ1) is 42.5. The summed E-state index contributed by atoms with van der Waals surface area (Å²) in [6.45, 7) is 0.604. The number of hydrogen-bond donors (Lipinski definition) is 7. The lowest BCUT2D eigenvalue weighted by Gasteiger charge is -2.40. The second kappa shape index (κ2) is 19.5. The number of methoxy groups -OCH3 is 1. The summed E-state index contributed by atoms with van der Waals surface area (Å²) >= 11 is 0. The second-order valence-corrected chi connectivity index (χ2v) is 13.6. The second-order valence-electron chi connectivity index (χ2n) is 13.6. The van der Waals surface area contributed by atoms with Crippen LogP contribution in [0.5, 0.6) is 11.5 Å². The quantitative estimate of drug-likeness (QED) is 0.0543. The van der Waals surface area contributed by atoms with Gasteiger partial charge in [0.15, 0.2) is 29.8 Å². The molecule has 3 amide bonds. The van der Waals surface area contributed by atoms with Crippen LogP contribution >= 0.6 is 0 Å². The number of aliphatic hydroxyl groups excluding tert-OH is 4. The molecule has 4 aromatic rings. The number of carbonyl (C=O) groups excluding carboxylic acids is 4. The number of aryl methyl sites for hydroxylation is 1. The largest absolute Gasteiger partial charge is 0.493 e. The van der Waals surface area contributed by atoms with E-state index in [4.69, 9.17) is 23.4 Å². The van der Waals surface area contributed by atoms with Crippen molar-refractivity contribution in [3.63, 3.8) is 0 Å². The Balaban J connectivity index is 0.00000200. The van der Waals surface area contributed by atoms with E-state index in [9.17, 15) is 34.8 Å². The van der Waals surface area contributed by atoms with Gasteiger partial charge < -0.3 is 60.0 Å². The number of ether oxygens (including phenoxy) is 3. The van der Waals surface area contributed by atoms with Gasteiger partial charge >= 0.3 is 0 Å². The van der Waals surface area contributed by atoms with E-state index in [1.165, 1.54) is 13.2 Å². The molecule has 306 valence electrons. The lowest BCUT2D eigenvalue weighted by atomic mass is 9.97. The van der Waals surface area contributed by atoms with Crippen LogP contribution in [0.15, 0.2) is 58.1 Å². The molecule has 18 nitrogen and oxygen atoms in total. The van der Waals surface area contributed by atoms with Crippen LogP contribution in [0.4, 0.5) is 11.4 Å². The molecule has 4 heterocycles. The third-order valence-electron chi connectivity index (χ3n) is 9.73. The molecule has 0 bridgehead atoms. The highest BCUT2D eigenvalue weighted by Gasteiger charge is 2.44. The number of furan rings is 1. The van der Waals surface area contributed by atoms with Gasteiger partial charge in [-0.15, -0.1) is 0 Å². The van der Waals surface area contributed by atoms with Crippen LogP contribution in [-0.2, 0) is 21.4 Å². The molecule has 6 atom stereocenters. The molecule has 0 aliphatic carbocycles. The van der Waals surface area contributed by atoms with Crippen molar-refractivity contribution in [1.82, 2.24) is 14.8 Å². The molecule has 2 aromatic heterocycles. The SMILES string of the molecule is COc1cc(C=O)c(N=CC2CCCN2C)cc1OCCCC(=O)Nc1cc(-c2ccc3oc(C(=O)NC4C(O)OC(CO)C(O)C4O)cc3c2)n(C)c1.NC=O. The summed E-state index contributed by atoms with van der Waals surface area (Å²) in [6.07, 6.45) is 1.35. The number of hydrogen-bond acceptors (Lipinski definition) is 14. The summed E-state index contributed by atoms with van der Waals surface area (Å²) in [7, 11) is 5.38. The molecule has 0 spiro atoms. The summed E-state index contributed by atoms with van der Waals surface area (Å²) in [4.78, 5) is 53.0. The van der Waals surface area contributed by atoms with Crippen LogP contribution in [0.2, 0.25) is 0 Å². The number of benzene rings is 2. The first-order valence-corrected chi connectivity index (χ1v) is 18.2. The maximum atomic E-state index is 13.0. The van der Waals surface area contributed by atoms with Crippen LogP contribution in [-0.4, -0.2) is 131 Å². The molecule has 57 heavy (non-hydrogen) atoms. The van der Waals surface area contributed by atoms with E-state index in [0.717, 1.165) is 36.9 Å². The van der Waals surface area contributed by atoms with Gasteiger partial charge in [0.25, 0.3) is 5.91 Å². The van der Waals surface area contributed by atoms with E-state index in [2.05, 4.69) is 26.3 Å². The van der Waals surface area contributed by atoms with Gasteiger partial charge in [-0.05, 0) is 74.8 Å². The smallest absolute Gasteiger partial charge is 0.287 e. The normalized spacial score (nSPS) is 22.2. The van der Waals surface area contributed by atoms with Gasteiger partial charge in [0.2, 0.25) is 12.3 Å². The number of nitrogens with two attached hydrogens (primary N) is 1. The molecule has 0 radical (unpaired) electrons. The number of amides is 3. The van der Waals surface area contributed by atoms with Crippen LogP contribution in [0, 0.1) is 0 Å². The van der Waals surface area contributed by atoms with Crippen molar-refractivity contribution in [2.45, 2.75) is 62.4 Å². The van der Waals surface area contributed by atoms with E-state index < -0.39 is 43.2 Å². The van der Waals surface area contributed by atoms with Gasteiger partial charge in [0.1, 0.15) is 29.9 Å². The lowest BCUT2D eigenvalue weighted by Crippen LogP contribution is -2.64. The first-order chi connectivity index (χ1) is 27.4. The third-order valence-corrected chi connectivity index (χ3v) is 9.73. The standard InChI is InChI=1S/C38H45N5O11.CH3NO/c1-42-10-4-6-25(42)17-39-26-16-30(29(51-3)14-23(26)19-44)52-11-5-7-33(46)40-24-15-27(43(2)18-24)21-8-9-28-22(12-21)13-31(53-28)37(49)41-34-36(48)35(47)32(20-45)54-38(34)50;2-1-3/h8-9,12-19,25,32,34-36,38,45,47-48,50H,4-7,10-11,20H2,1-3H3,(H,40,46)(H,41,49);1H,(H2,2,3). The predicted molar refractivity (Wildman–Crippen MR) is 208 cm³/mol. The van der Waals surface area contributed by atoms with Gasteiger partial charge in [-0.25, -0.2) is 0 Å². The summed E-state index contributed by atoms with van der Waals surface area (Å²) in [6, 6.07) is 10.8. The van der Waals surface area contributed by atoms with E-state index >= 15 is 0 Å². The van der Waals surface area contributed by atoms with Crippen molar-refractivity contribution in [2.24, 2.45) is 17.8 Å². The molecule has 2 aliphatic rings. The van der Waals surface area contributed by atoms with Crippen LogP contribution in [0.1, 0.15) is 46.6 Å². The maximum absolute atomic E-state index is 13.0. The Hall–Kier alpha value is -5.63. The minimum Gasteiger partial charge on any atom is -0.493 e. The van der Waals surface area contributed by atoms with Crippen molar-refractivity contribution in [1.29, 1.82) is 0 Å². The first-order valence-electron chi connectivity index (χ1n) is 18.2. The van der Waals surface area contributed by atoms with Gasteiger partial charge in [0, 0.05) is 54.6 Å². The van der Waals surface area contributed by atoms with Crippen molar-refractivity contribution < 1.29 is 58.2 Å². The number of aldehydes is 1. The molecule has 8 N–H and O–H groups in total. The maximum Gasteiger partial charge on any atom is 0.287 e. The van der Waals surface area contributed by atoms with Crippen LogP contribution in [0.3, 0.4) is 0 Å². The molecule has 2 aromatic carbocycles. The number of carbonyl (C=O) groups is 4. The van der Waals surface area contributed by atoms with Crippen LogP contribution in [0.25, 0.3) is 22.2 Å². The highest BCUT2D eigenvalue weighted by molar-refractivity contribution is 5.97. The number of rotatable bonds is 14. The van der Waals surface area contributed by atoms with Gasteiger partial charge in [-0.1, -0.05) is 0 Å². The molecular weight excluding hydrogens is 744 g/mol. The Kier molecular flexibility index (Phi) is 14.5. The minimum atomic E-state index is -1.67. The summed E-state index contributed by atoms with van der Waals surface area (Å²) in [5.41, 5.74) is 7.61. The molecule has 2 saturated heterocycles. The fourth-order valence-corrected chi connectivity index (χ4v) is 6.68. The fraction of sp³-hybridized carbons (Fsp3) is 0.410.